The lowest BCUT2D eigenvalue weighted by molar-refractivity contribution is -0.197. The number of hydrogen-bond acceptors (Lipinski definition) is 11. The SMILES string of the molecule is COc1ccc2nc(C)c(O[C@@H]3C[C@H]4C(=O)N[C@]5(C(=O)NS(=O)(=O)C6(C)CC6)C[C@H]5/C=C/CCCCC[C@H](NC(=O)O[C@@H](C)C(F)(F)F)C(=O)N4C3)nc2c1. The maximum atomic E-state index is 14.3. The van der Waals surface area contributed by atoms with Crippen molar-refractivity contribution in [3.8, 4) is 11.6 Å². The van der Waals surface area contributed by atoms with Crippen LogP contribution in [0.4, 0.5) is 18.0 Å². The number of rotatable bonds is 8. The van der Waals surface area contributed by atoms with Gasteiger partial charge < -0.3 is 29.7 Å². The number of sulfonamides is 1. The van der Waals surface area contributed by atoms with Gasteiger partial charge in [-0.3, -0.25) is 19.1 Å². The summed E-state index contributed by atoms with van der Waals surface area (Å²) >= 11 is 0. The molecule has 0 radical (unpaired) electrons. The molecule has 3 fully saturated rings. The molecule has 3 heterocycles. The summed E-state index contributed by atoms with van der Waals surface area (Å²) in [7, 11) is -2.56. The van der Waals surface area contributed by atoms with Crippen LogP contribution in [0.2, 0.25) is 0 Å². The maximum Gasteiger partial charge on any atom is 0.425 e. The van der Waals surface area contributed by atoms with Crippen LogP contribution in [0.1, 0.15) is 77.3 Å². The minimum atomic E-state index is -4.84. The second-order valence-corrected chi connectivity index (χ2v) is 17.2. The molecule has 15 nitrogen and oxygen atoms in total. The topological polar surface area (TPSA) is 195 Å². The minimum absolute atomic E-state index is 0.0249. The van der Waals surface area contributed by atoms with Crippen molar-refractivity contribution in [3.63, 3.8) is 0 Å². The summed E-state index contributed by atoms with van der Waals surface area (Å²) in [4.78, 5) is 65.4. The molecule has 2 aliphatic carbocycles. The van der Waals surface area contributed by atoms with Crippen LogP contribution in [0.15, 0.2) is 30.4 Å². The highest BCUT2D eigenvalue weighted by Crippen LogP contribution is 2.47. The van der Waals surface area contributed by atoms with E-state index >= 15 is 0 Å². The summed E-state index contributed by atoms with van der Waals surface area (Å²) < 4.78 is 83.0. The van der Waals surface area contributed by atoms with Gasteiger partial charge in [0.2, 0.25) is 27.7 Å². The van der Waals surface area contributed by atoms with Crippen molar-refractivity contribution in [2.24, 2.45) is 5.92 Å². The van der Waals surface area contributed by atoms with Gasteiger partial charge in [0, 0.05) is 18.4 Å². The van der Waals surface area contributed by atoms with Gasteiger partial charge in [-0.05, 0) is 71.4 Å². The number of methoxy groups -OCH3 is 1. The highest BCUT2D eigenvalue weighted by atomic mass is 32.2. The minimum Gasteiger partial charge on any atom is -0.497 e. The van der Waals surface area contributed by atoms with Gasteiger partial charge in [-0.15, -0.1) is 0 Å². The highest BCUT2D eigenvalue weighted by Gasteiger charge is 2.63. The van der Waals surface area contributed by atoms with E-state index in [4.69, 9.17) is 9.47 Å². The lowest BCUT2D eigenvalue weighted by Crippen LogP contribution is -2.58. The van der Waals surface area contributed by atoms with Gasteiger partial charge in [-0.1, -0.05) is 25.0 Å². The number of alkyl carbamates (subject to hydrolysis) is 1. The Bertz CT molecular complexity index is 1990. The van der Waals surface area contributed by atoms with Crippen molar-refractivity contribution in [3.05, 3.63) is 36.0 Å². The molecule has 2 saturated carbocycles. The maximum absolute atomic E-state index is 14.3. The number of aryl methyl sites for hydroxylation is 1. The Morgan fingerprint density at radius 2 is 1.85 bits per heavy atom. The molecule has 55 heavy (non-hydrogen) atoms. The molecule has 3 N–H and O–H groups in total. The molecule has 1 aromatic carbocycles. The largest absolute Gasteiger partial charge is 0.497 e. The first-order chi connectivity index (χ1) is 25.9. The number of alkyl halides is 3. The summed E-state index contributed by atoms with van der Waals surface area (Å²) in [5.74, 6) is -2.35. The Hall–Kier alpha value is -4.68. The van der Waals surface area contributed by atoms with Crippen LogP contribution in [0.5, 0.6) is 11.6 Å². The fourth-order valence-electron chi connectivity index (χ4n) is 6.85. The third-order valence-electron chi connectivity index (χ3n) is 10.8. The van der Waals surface area contributed by atoms with Crippen LogP contribution in [0, 0.1) is 12.8 Å². The Morgan fingerprint density at radius 3 is 2.55 bits per heavy atom. The fraction of sp³-hybridized carbons (Fsp3) is 0.611. The molecule has 2 aromatic rings. The number of ether oxygens (including phenoxy) is 3. The molecule has 4 aliphatic rings. The number of hydrogen-bond donors (Lipinski definition) is 3. The van der Waals surface area contributed by atoms with Crippen molar-refractivity contribution in [1.29, 1.82) is 0 Å². The Balaban J connectivity index is 1.31. The number of amides is 4. The van der Waals surface area contributed by atoms with E-state index in [-0.39, 0.29) is 31.7 Å². The van der Waals surface area contributed by atoms with Gasteiger partial charge in [-0.25, -0.2) is 23.2 Å². The molecule has 1 aromatic heterocycles. The summed E-state index contributed by atoms with van der Waals surface area (Å²) in [6.07, 6.45) is -3.07. The molecule has 0 spiro atoms. The molecule has 2 aliphatic heterocycles. The standard InChI is InChI=1S/C36H45F3N6O9S/c1-20-30(41-27-16-23(52-4)12-13-25(27)40-20)54-24-17-28-29(46)43-35(32(48)44-55(50,51)34(3)14-15-34)18-22(35)10-8-6-5-7-9-11-26(31(47)45(28)19-24)42-33(49)53-21(2)36(37,38)39/h8,10,12-13,16,21-22,24,26,28H,5-7,9,11,14-15,17-19H2,1-4H3,(H,42,49)(H,43,46)(H,44,48)/b10-8+/t21-,22+,24+,26-,28-,35+/m0/s1. The Kier molecular flexibility index (Phi) is 11.0. The lowest BCUT2D eigenvalue weighted by atomic mass is 10.0. The van der Waals surface area contributed by atoms with E-state index in [9.17, 15) is 40.8 Å². The average molecular weight is 795 g/mol. The van der Waals surface area contributed by atoms with Crippen LogP contribution in [0.3, 0.4) is 0 Å². The van der Waals surface area contributed by atoms with E-state index in [0.717, 1.165) is 4.90 Å². The number of carbonyl (C=O) groups excluding carboxylic acids is 4. The van der Waals surface area contributed by atoms with Gasteiger partial charge >= 0.3 is 12.3 Å². The summed E-state index contributed by atoms with van der Waals surface area (Å²) in [6, 6.07) is 2.42. The zero-order chi connectivity index (χ0) is 39.9. The second-order valence-electron chi connectivity index (χ2n) is 15.0. The first-order valence-electron chi connectivity index (χ1n) is 18.2. The molecule has 6 atom stereocenters. The molecule has 6 rings (SSSR count). The fourth-order valence-corrected chi connectivity index (χ4v) is 8.16. The van der Waals surface area contributed by atoms with E-state index in [0.29, 0.717) is 67.9 Å². The van der Waals surface area contributed by atoms with Gasteiger partial charge in [0.25, 0.3) is 5.91 Å². The smallest absolute Gasteiger partial charge is 0.425 e. The van der Waals surface area contributed by atoms with Crippen molar-refractivity contribution < 1.29 is 55.0 Å². The molecule has 0 bridgehead atoms. The zero-order valence-electron chi connectivity index (χ0n) is 30.9. The Labute approximate surface area is 316 Å². The van der Waals surface area contributed by atoms with E-state index in [2.05, 4.69) is 30.1 Å². The van der Waals surface area contributed by atoms with Crippen molar-refractivity contribution in [2.45, 2.75) is 119 Å². The number of nitrogens with zero attached hydrogens (tertiary/aromatic N) is 3. The van der Waals surface area contributed by atoms with E-state index < -0.39 is 80.5 Å². The Morgan fingerprint density at radius 1 is 1.11 bits per heavy atom. The molecule has 1 saturated heterocycles. The molecule has 19 heteroatoms. The first-order valence-corrected chi connectivity index (χ1v) is 19.7. The number of fused-ring (bicyclic) bond motifs is 3. The van der Waals surface area contributed by atoms with Crippen molar-refractivity contribution >= 4 is 44.9 Å². The summed E-state index contributed by atoms with van der Waals surface area (Å²) in [5.41, 5.74) is -0.204. The molecule has 0 unspecified atom stereocenters. The molecule has 300 valence electrons. The first kappa shape index (κ1) is 40.0. The second kappa shape index (κ2) is 15.1. The summed E-state index contributed by atoms with van der Waals surface area (Å²) in [6.45, 7) is 3.65. The summed E-state index contributed by atoms with van der Waals surface area (Å²) in [5, 5.41) is 5.04. The highest BCUT2D eigenvalue weighted by molar-refractivity contribution is 7.91. The number of nitrogens with one attached hydrogen (secondary N) is 3. The van der Waals surface area contributed by atoms with E-state index in [1.807, 2.05) is 6.08 Å². The lowest BCUT2D eigenvalue weighted by Gasteiger charge is -2.30. The van der Waals surface area contributed by atoms with Gasteiger partial charge in [0.15, 0.2) is 6.10 Å². The third kappa shape index (κ3) is 8.60. The normalized spacial score (nSPS) is 27.9. The van der Waals surface area contributed by atoms with Crippen LogP contribution >= 0.6 is 0 Å². The van der Waals surface area contributed by atoms with E-state index in [1.54, 1.807) is 31.2 Å². The van der Waals surface area contributed by atoms with E-state index in [1.165, 1.54) is 14.0 Å². The van der Waals surface area contributed by atoms with Crippen molar-refractivity contribution in [1.82, 2.24) is 30.2 Å². The number of allylic oxidation sites excluding steroid dienone is 1. The number of carbonyl (C=O) groups is 4. The quantitative estimate of drug-likeness (QED) is 0.330. The van der Waals surface area contributed by atoms with Crippen molar-refractivity contribution in [2.75, 3.05) is 13.7 Å². The van der Waals surface area contributed by atoms with Crippen LogP contribution in [-0.2, 0) is 29.1 Å². The monoisotopic (exact) mass is 794 g/mol. The zero-order valence-corrected chi connectivity index (χ0v) is 31.7. The molecular weight excluding hydrogens is 749 g/mol. The number of halogens is 3. The van der Waals surface area contributed by atoms with Crippen LogP contribution in [-0.4, -0.2) is 102 Å². The van der Waals surface area contributed by atoms with Gasteiger partial charge in [0.05, 0.1) is 29.4 Å². The molecular formula is C36H45F3N6O9S. The predicted molar refractivity (Wildman–Crippen MR) is 190 cm³/mol. The van der Waals surface area contributed by atoms with Gasteiger partial charge in [-0.2, -0.15) is 13.2 Å². The van der Waals surface area contributed by atoms with Crippen LogP contribution in [0.25, 0.3) is 11.0 Å². The predicted octanol–water partition coefficient (Wildman–Crippen LogP) is 3.73. The van der Waals surface area contributed by atoms with Gasteiger partial charge in [0.1, 0.15) is 35.2 Å². The number of benzene rings is 1. The average Bonchev–Trinajstić information content (AvgIpc) is 4.00. The van der Waals surface area contributed by atoms with Crippen LogP contribution < -0.4 is 24.8 Å². The molecule has 4 amide bonds. The number of aromatic nitrogens is 2. The third-order valence-corrected chi connectivity index (χ3v) is 13.0.